The molecule has 0 aromatic carbocycles. The lowest BCUT2D eigenvalue weighted by Crippen LogP contribution is -2.37. The summed E-state index contributed by atoms with van der Waals surface area (Å²) in [5.41, 5.74) is 5.86. The first-order valence-corrected chi connectivity index (χ1v) is 4.82. The predicted octanol–water partition coefficient (Wildman–Crippen LogP) is 0.798. The number of hydrogen-bond acceptors (Lipinski definition) is 5. The van der Waals surface area contributed by atoms with E-state index in [9.17, 15) is 4.79 Å². The fraction of sp³-hybridized carbons (Fsp3) is 0.556. The lowest BCUT2D eigenvalue weighted by Gasteiger charge is -2.16. The third-order valence-corrected chi connectivity index (χ3v) is 2.44. The molecule has 0 saturated carbocycles. The first-order valence-electron chi connectivity index (χ1n) is 4.41. The van der Waals surface area contributed by atoms with Crippen LogP contribution in [0.25, 0.3) is 0 Å². The molecule has 1 aliphatic heterocycles. The van der Waals surface area contributed by atoms with Crippen LogP contribution in [0.2, 0.25) is 0 Å². The Morgan fingerprint density at radius 1 is 1.71 bits per heavy atom. The van der Waals surface area contributed by atoms with E-state index in [4.69, 9.17) is 10.5 Å². The lowest BCUT2D eigenvalue weighted by molar-refractivity contribution is -0.130. The molecule has 0 bridgehead atoms. The van der Waals surface area contributed by atoms with Crippen LogP contribution < -0.4 is 5.73 Å². The number of aliphatic imine (C=N–C) groups is 1. The van der Waals surface area contributed by atoms with E-state index in [2.05, 4.69) is 22.2 Å². The van der Waals surface area contributed by atoms with E-state index in [0.717, 1.165) is 6.42 Å². The Bertz CT molecular complexity index is 332. The molecule has 0 fully saturated rings. The first-order chi connectivity index (χ1) is 6.60. The number of esters is 1. The van der Waals surface area contributed by atoms with Crippen molar-refractivity contribution in [2.75, 3.05) is 0 Å². The van der Waals surface area contributed by atoms with Crippen molar-refractivity contribution in [2.24, 2.45) is 16.6 Å². The topological polar surface area (TPSA) is 64.7 Å². The molecule has 5 heteroatoms. The first kappa shape index (κ1) is 11.0. The van der Waals surface area contributed by atoms with Crippen molar-refractivity contribution in [1.82, 2.24) is 0 Å². The van der Waals surface area contributed by atoms with E-state index >= 15 is 0 Å². The van der Waals surface area contributed by atoms with Gasteiger partial charge >= 0.3 is 5.97 Å². The summed E-state index contributed by atoms with van der Waals surface area (Å²) in [7, 11) is 0. The monoisotopic (exact) mass is 212 g/mol. The molecule has 0 aromatic heterocycles. The second-order valence-electron chi connectivity index (χ2n) is 3.20. The van der Waals surface area contributed by atoms with Gasteiger partial charge < -0.3 is 10.5 Å². The lowest BCUT2D eigenvalue weighted by atomic mass is 10.0. The summed E-state index contributed by atoms with van der Waals surface area (Å²) in [4.78, 5) is 15.0. The molecule has 2 atom stereocenters. The van der Waals surface area contributed by atoms with Crippen LogP contribution >= 0.6 is 12.2 Å². The highest BCUT2D eigenvalue weighted by atomic mass is 32.1. The highest BCUT2D eigenvalue weighted by Crippen LogP contribution is 2.15. The Kier molecular flexibility index (Phi) is 3.52. The van der Waals surface area contributed by atoms with E-state index in [1.54, 1.807) is 0 Å². The van der Waals surface area contributed by atoms with Crippen LogP contribution in [0.15, 0.2) is 10.7 Å². The SMILES string of the molecule is CCC(C)C(N)C1=NC(=C=S)C(=O)O1. The van der Waals surface area contributed by atoms with Gasteiger partial charge in [-0.2, -0.15) is 4.99 Å². The molecule has 76 valence electrons. The van der Waals surface area contributed by atoms with Crippen molar-refractivity contribution in [3.8, 4) is 0 Å². The molecular formula is C9H12N2O2S. The van der Waals surface area contributed by atoms with Crippen LogP contribution in [0.3, 0.4) is 0 Å². The largest absolute Gasteiger partial charge is 0.405 e. The molecule has 14 heavy (non-hydrogen) atoms. The summed E-state index contributed by atoms with van der Waals surface area (Å²) in [5, 5.41) is 2.24. The number of thiocarbonyl (C=S) groups is 1. The van der Waals surface area contributed by atoms with E-state index in [0.29, 0.717) is 0 Å². The Morgan fingerprint density at radius 2 is 2.36 bits per heavy atom. The van der Waals surface area contributed by atoms with Gasteiger partial charge in [0, 0.05) is 0 Å². The minimum atomic E-state index is -0.561. The minimum absolute atomic E-state index is 0.0359. The van der Waals surface area contributed by atoms with Crippen molar-refractivity contribution < 1.29 is 9.53 Å². The summed E-state index contributed by atoms with van der Waals surface area (Å²) in [6.45, 7) is 3.98. The van der Waals surface area contributed by atoms with Crippen LogP contribution in [-0.4, -0.2) is 22.9 Å². The summed E-state index contributed by atoms with van der Waals surface area (Å²) < 4.78 is 4.87. The predicted molar refractivity (Wildman–Crippen MR) is 57.1 cm³/mol. The van der Waals surface area contributed by atoms with Crippen molar-refractivity contribution >= 4 is 29.1 Å². The van der Waals surface area contributed by atoms with Gasteiger partial charge in [-0.25, -0.2) is 4.79 Å². The number of nitrogens with zero attached hydrogens (tertiary/aromatic N) is 1. The minimum Gasteiger partial charge on any atom is -0.405 e. The van der Waals surface area contributed by atoms with Crippen LogP contribution in [0.4, 0.5) is 0 Å². The maximum atomic E-state index is 11.1. The molecule has 0 radical (unpaired) electrons. The van der Waals surface area contributed by atoms with Gasteiger partial charge in [0.15, 0.2) is 0 Å². The molecule has 1 rings (SSSR count). The zero-order valence-electron chi connectivity index (χ0n) is 8.11. The summed E-state index contributed by atoms with van der Waals surface area (Å²) in [6, 6.07) is -0.357. The molecule has 2 N–H and O–H groups in total. The Balaban J connectivity index is 2.82. The number of cyclic esters (lactones) is 1. The maximum Gasteiger partial charge on any atom is 0.372 e. The van der Waals surface area contributed by atoms with Gasteiger partial charge in [0.2, 0.25) is 11.6 Å². The molecule has 0 amide bonds. The molecule has 2 unspecified atom stereocenters. The zero-order valence-corrected chi connectivity index (χ0v) is 8.93. The van der Waals surface area contributed by atoms with Gasteiger partial charge in [-0.15, -0.1) is 0 Å². The van der Waals surface area contributed by atoms with E-state index in [1.165, 1.54) is 0 Å². The van der Waals surface area contributed by atoms with Crippen LogP contribution in [0, 0.1) is 5.92 Å². The Hall–Kier alpha value is -1.03. The maximum absolute atomic E-state index is 11.1. The zero-order chi connectivity index (χ0) is 10.7. The highest BCUT2D eigenvalue weighted by Gasteiger charge is 2.29. The molecule has 4 nitrogen and oxygen atoms in total. The van der Waals surface area contributed by atoms with Gasteiger partial charge in [-0.3, -0.25) is 0 Å². The highest BCUT2D eigenvalue weighted by molar-refractivity contribution is 7.78. The third-order valence-electron chi connectivity index (χ3n) is 2.25. The number of nitrogens with two attached hydrogens (primary N) is 1. The smallest absolute Gasteiger partial charge is 0.372 e. The van der Waals surface area contributed by atoms with Crippen LogP contribution in [0.5, 0.6) is 0 Å². The summed E-state index contributed by atoms with van der Waals surface area (Å²) >= 11 is 4.49. The van der Waals surface area contributed by atoms with Crippen molar-refractivity contribution in [3.63, 3.8) is 0 Å². The van der Waals surface area contributed by atoms with Gasteiger partial charge in [0.1, 0.15) is 0 Å². The fourth-order valence-corrected chi connectivity index (χ4v) is 1.16. The normalized spacial score (nSPS) is 19.8. The second kappa shape index (κ2) is 4.46. The van der Waals surface area contributed by atoms with Crippen LogP contribution in [0.1, 0.15) is 20.3 Å². The van der Waals surface area contributed by atoms with Gasteiger partial charge in [0.05, 0.1) is 6.04 Å². The molecule has 0 aliphatic carbocycles. The standard InChI is InChI=1S/C9H12N2O2S/c1-3-5(2)7(10)8-11-6(4-14)9(12)13-8/h5,7H,3,10H2,1-2H3. The number of ether oxygens (including phenoxy) is 1. The third kappa shape index (κ3) is 2.07. The van der Waals surface area contributed by atoms with Gasteiger partial charge in [-0.1, -0.05) is 20.3 Å². The number of carbonyl (C=O) groups is 1. The Morgan fingerprint density at radius 3 is 2.79 bits per heavy atom. The molecule has 1 aliphatic rings. The summed E-state index contributed by atoms with van der Waals surface area (Å²) in [5.74, 6) is -0.100. The fourth-order valence-electron chi connectivity index (χ4n) is 1.03. The van der Waals surface area contributed by atoms with E-state index < -0.39 is 5.97 Å². The average Bonchev–Trinajstić information content (AvgIpc) is 2.57. The second-order valence-corrected chi connectivity index (χ2v) is 3.41. The van der Waals surface area contributed by atoms with Gasteiger partial charge in [-0.05, 0) is 23.2 Å². The quantitative estimate of drug-likeness (QED) is 0.427. The van der Waals surface area contributed by atoms with Crippen molar-refractivity contribution in [2.45, 2.75) is 26.3 Å². The molecule has 0 aromatic rings. The molecule has 0 spiro atoms. The molecule has 0 saturated heterocycles. The average molecular weight is 212 g/mol. The van der Waals surface area contributed by atoms with Gasteiger partial charge in [0.25, 0.3) is 0 Å². The number of hydrogen-bond donors (Lipinski definition) is 1. The summed E-state index contributed by atoms with van der Waals surface area (Å²) in [6.07, 6.45) is 0.897. The van der Waals surface area contributed by atoms with Crippen LogP contribution in [-0.2, 0) is 9.53 Å². The molecule has 1 heterocycles. The Labute approximate surface area is 87.8 Å². The number of carbonyl (C=O) groups excluding carboxylic acids is 1. The number of rotatable bonds is 3. The van der Waals surface area contributed by atoms with Crippen molar-refractivity contribution in [3.05, 3.63) is 5.70 Å². The molecular weight excluding hydrogens is 200 g/mol. The van der Waals surface area contributed by atoms with Crippen molar-refractivity contribution in [1.29, 1.82) is 0 Å². The van der Waals surface area contributed by atoms with E-state index in [1.807, 2.05) is 13.8 Å². The van der Waals surface area contributed by atoms with E-state index in [-0.39, 0.29) is 23.6 Å².